The van der Waals surface area contributed by atoms with Crippen LogP contribution in [0.5, 0.6) is 0 Å². The van der Waals surface area contributed by atoms with Crippen LogP contribution in [0.2, 0.25) is 0 Å². The van der Waals surface area contributed by atoms with E-state index in [1.54, 1.807) is 0 Å². The van der Waals surface area contributed by atoms with E-state index < -0.39 is 0 Å². The Kier molecular flexibility index (Phi) is 3.12. The van der Waals surface area contributed by atoms with Gasteiger partial charge < -0.3 is 4.90 Å². The molecule has 0 amide bonds. The van der Waals surface area contributed by atoms with E-state index in [2.05, 4.69) is 31.9 Å². The monoisotopic (exact) mass is 294 g/mol. The molecule has 1 aromatic rings. The Labute approximate surface area is 112 Å². The normalized spacial score (nSPS) is 23.2. The minimum absolute atomic E-state index is 0.704. The molecule has 1 aliphatic carbocycles. The summed E-state index contributed by atoms with van der Waals surface area (Å²) >= 11 is 3.50. The molecule has 0 N–H and O–H groups in total. The molecule has 0 radical (unpaired) electrons. The maximum atomic E-state index is 4.26. The van der Waals surface area contributed by atoms with Crippen LogP contribution in [0.15, 0.2) is 22.9 Å². The van der Waals surface area contributed by atoms with Crippen molar-refractivity contribution in [2.75, 3.05) is 18.0 Å². The Morgan fingerprint density at radius 3 is 2.41 bits per heavy atom. The van der Waals surface area contributed by atoms with Crippen molar-refractivity contribution in [2.45, 2.75) is 38.5 Å². The second-order valence-electron chi connectivity index (χ2n) is 5.56. The van der Waals surface area contributed by atoms with Crippen LogP contribution in [-0.2, 0) is 0 Å². The van der Waals surface area contributed by atoms with Gasteiger partial charge in [-0.05, 0) is 53.1 Å². The zero-order valence-electron chi connectivity index (χ0n) is 10.2. The SMILES string of the molecule is Brc1cncc(N2CCC3(CCCC3)CC2)c1. The third-order valence-electron chi connectivity index (χ3n) is 4.54. The van der Waals surface area contributed by atoms with Crippen molar-refractivity contribution in [3.8, 4) is 0 Å². The summed E-state index contributed by atoms with van der Waals surface area (Å²) in [4.78, 5) is 6.75. The molecule has 0 bridgehead atoms. The summed E-state index contributed by atoms with van der Waals surface area (Å²) in [5.74, 6) is 0. The zero-order chi connectivity index (χ0) is 11.7. The van der Waals surface area contributed by atoms with Crippen molar-refractivity contribution in [1.82, 2.24) is 4.98 Å². The van der Waals surface area contributed by atoms with Crippen LogP contribution in [0.25, 0.3) is 0 Å². The van der Waals surface area contributed by atoms with Crippen molar-refractivity contribution in [3.63, 3.8) is 0 Å². The minimum atomic E-state index is 0.704. The van der Waals surface area contributed by atoms with Crippen molar-refractivity contribution in [1.29, 1.82) is 0 Å². The number of halogens is 1. The van der Waals surface area contributed by atoms with Crippen LogP contribution in [0.1, 0.15) is 38.5 Å². The predicted octanol–water partition coefficient (Wildman–Crippen LogP) is 4.00. The first-order valence-electron chi connectivity index (χ1n) is 6.63. The lowest BCUT2D eigenvalue weighted by atomic mass is 9.77. The molecule has 2 fully saturated rings. The number of aromatic nitrogens is 1. The topological polar surface area (TPSA) is 16.1 Å². The first-order chi connectivity index (χ1) is 8.27. The van der Waals surface area contributed by atoms with E-state index in [9.17, 15) is 0 Å². The highest BCUT2D eigenvalue weighted by molar-refractivity contribution is 9.10. The molecule has 0 aromatic carbocycles. The number of nitrogens with zero attached hydrogens (tertiary/aromatic N) is 2. The van der Waals surface area contributed by atoms with Crippen LogP contribution in [0.3, 0.4) is 0 Å². The Morgan fingerprint density at radius 2 is 1.76 bits per heavy atom. The van der Waals surface area contributed by atoms with E-state index in [4.69, 9.17) is 0 Å². The molecule has 1 saturated heterocycles. The Bertz CT molecular complexity index is 389. The quantitative estimate of drug-likeness (QED) is 0.778. The number of anilines is 1. The van der Waals surface area contributed by atoms with Crippen LogP contribution in [0.4, 0.5) is 5.69 Å². The number of hydrogen-bond acceptors (Lipinski definition) is 2. The van der Waals surface area contributed by atoms with Crippen LogP contribution in [-0.4, -0.2) is 18.1 Å². The average molecular weight is 295 g/mol. The van der Waals surface area contributed by atoms with E-state index >= 15 is 0 Å². The zero-order valence-corrected chi connectivity index (χ0v) is 11.7. The molecular weight excluding hydrogens is 276 g/mol. The van der Waals surface area contributed by atoms with Crippen LogP contribution < -0.4 is 4.90 Å². The lowest BCUT2D eigenvalue weighted by Crippen LogP contribution is -2.38. The molecule has 17 heavy (non-hydrogen) atoms. The number of piperidine rings is 1. The summed E-state index contributed by atoms with van der Waals surface area (Å²) in [6, 6.07) is 2.18. The molecule has 1 spiro atoms. The molecule has 0 atom stereocenters. The smallest absolute Gasteiger partial charge is 0.0564 e. The lowest BCUT2D eigenvalue weighted by Gasteiger charge is -2.40. The van der Waals surface area contributed by atoms with Crippen molar-refractivity contribution in [2.24, 2.45) is 5.41 Å². The molecule has 2 heterocycles. The summed E-state index contributed by atoms with van der Waals surface area (Å²) < 4.78 is 1.08. The molecule has 3 rings (SSSR count). The summed E-state index contributed by atoms with van der Waals surface area (Å²) in [6.45, 7) is 2.41. The summed E-state index contributed by atoms with van der Waals surface area (Å²) in [7, 11) is 0. The Balaban J connectivity index is 1.68. The molecule has 1 saturated carbocycles. The van der Waals surface area contributed by atoms with Gasteiger partial charge in [-0.3, -0.25) is 4.98 Å². The summed E-state index contributed by atoms with van der Waals surface area (Å²) in [6.07, 6.45) is 12.4. The highest BCUT2D eigenvalue weighted by Gasteiger charge is 2.36. The molecule has 0 unspecified atom stereocenters. The molecular formula is C14H19BrN2. The third kappa shape index (κ3) is 2.35. The second-order valence-corrected chi connectivity index (χ2v) is 6.47. The lowest BCUT2D eigenvalue weighted by molar-refractivity contribution is 0.226. The molecule has 2 nitrogen and oxygen atoms in total. The molecule has 92 valence electrons. The first kappa shape index (κ1) is 11.5. The van der Waals surface area contributed by atoms with E-state index in [1.807, 2.05) is 12.4 Å². The van der Waals surface area contributed by atoms with Crippen molar-refractivity contribution < 1.29 is 0 Å². The largest absolute Gasteiger partial charge is 0.370 e. The molecule has 1 aromatic heterocycles. The van der Waals surface area contributed by atoms with Gasteiger partial charge in [-0.15, -0.1) is 0 Å². The van der Waals surface area contributed by atoms with Gasteiger partial charge >= 0.3 is 0 Å². The van der Waals surface area contributed by atoms with Crippen molar-refractivity contribution in [3.05, 3.63) is 22.9 Å². The highest BCUT2D eigenvalue weighted by atomic mass is 79.9. The van der Waals surface area contributed by atoms with Gasteiger partial charge in [-0.25, -0.2) is 0 Å². The van der Waals surface area contributed by atoms with Gasteiger partial charge in [-0.1, -0.05) is 12.8 Å². The summed E-state index contributed by atoms with van der Waals surface area (Å²) in [5.41, 5.74) is 1.97. The van der Waals surface area contributed by atoms with E-state index in [0.717, 1.165) is 4.47 Å². The van der Waals surface area contributed by atoms with Gasteiger partial charge in [0.15, 0.2) is 0 Å². The van der Waals surface area contributed by atoms with Gasteiger partial charge in [0.25, 0.3) is 0 Å². The van der Waals surface area contributed by atoms with E-state index in [1.165, 1.54) is 57.3 Å². The van der Waals surface area contributed by atoms with Crippen LogP contribution >= 0.6 is 15.9 Å². The second kappa shape index (κ2) is 4.60. The fraction of sp³-hybridized carbons (Fsp3) is 0.643. The van der Waals surface area contributed by atoms with Gasteiger partial charge in [0.1, 0.15) is 0 Å². The standard InChI is InChI=1S/C14H19BrN2/c15-12-9-13(11-16-10-12)17-7-5-14(6-8-17)3-1-2-4-14/h9-11H,1-8H2. The minimum Gasteiger partial charge on any atom is -0.370 e. The molecule has 3 heteroatoms. The van der Waals surface area contributed by atoms with Gasteiger partial charge in [-0.2, -0.15) is 0 Å². The fourth-order valence-electron chi connectivity index (χ4n) is 3.44. The van der Waals surface area contributed by atoms with Gasteiger partial charge in [0.2, 0.25) is 0 Å². The van der Waals surface area contributed by atoms with Gasteiger partial charge in [0.05, 0.1) is 11.9 Å². The first-order valence-corrected chi connectivity index (χ1v) is 7.42. The maximum Gasteiger partial charge on any atom is 0.0564 e. The number of hydrogen-bond donors (Lipinski definition) is 0. The van der Waals surface area contributed by atoms with E-state index in [-0.39, 0.29) is 0 Å². The van der Waals surface area contributed by atoms with Gasteiger partial charge in [0, 0.05) is 23.8 Å². The average Bonchev–Trinajstić information content (AvgIpc) is 2.79. The molecule has 2 aliphatic rings. The Hall–Kier alpha value is -0.570. The Morgan fingerprint density at radius 1 is 1.06 bits per heavy atom. The predicted molar refractivity (Wildman–Crippen MR) is 74.3 cm³/mol. The summed E-state index contributed by atoms with van der Waals surface area (Å²) in [5, 5.41) is 0. The van der Waals surface area contributed by atoms with Crippen LogP contribution in [0, 0.1) is 5.41 Å². The maximum absolute atomic E-state index is 4.26. The number of rotatable bonds is 1. The number of pyridine rings is 1. The highest BCUT2D eigenvalue weighted by Crippen LogP contribution is 2.46. The fourth-order valence-corrected chi connectivity index (χ4v) is 3.79. The van der Waals surface area contributed by atoms with Crippen molar-refractivity contribution >= 4 is 21.6 Å². The van der Waals surface area contributed by atoms with E-state index in [0.29, 0.717) is 5.41 Å². The molecule has 1 aliphatic heterocycles. The third-order valence-corrected chi connectivity index (χ3v) is 4.98.